The van der Waals surface area contributed by atoms with E-state index in [1.807, 2.05) is 26.2 Å². The Morgan fingerprint density at radius 3 is 2.90 bits per heavy atom. The standard InChI is InChI=1S/C14H19N3O2S2/c1-4-11-16-12(9-7-8(2)21-13(9)17-11)15-10(14(18)19)5-6-20-3/h7,10H,4-6H2,1-3H3,(H,18,19)(H,15,16,17)/t10-/m0/s1. The number of anilines is 1. The molecule has 0 aliphatic rings. The summed E-state index contributed by atoms with van der Waals surface area (Å²) in [6.07, 6.45) is 3.26. The van der Waals surface area contributed by atoms with Gasteiger partial charge in [-0.3, -0.25) is 0 Å². The van der Waals surface area contributed by atoms with Crippen LogP contribution < -0.4 is 5.32 Å². The number of nitrogens with one attached hydrogen (secondary N) is 1. The molecule has 2 heterocycles. The number of carboxylic acids is 1. The Balaban J connectivity index is 2.36. The number of hydrogen-bond donors (Lipinski definition) is 2. The zero-order chi connectivity index (χ0) is 15.4. The molecule has 0 saturated heterocycles. The highest BCUT2D eigenvalue weighted by molar-refractivity contribution is 7.98. The molecular formula is C14H19N3O2S2. The Morgan fingerprint density at radius 1 is 1.52 bits per heavy atom. The lowest BCUT2D eigenvalue weighted by atomic mass is 10.2. The summed E-state index contributed by atoms with van der Waals surface area (Å²) in [6.45, 7) is 4.01. The van der Waals surface area contributed by atoms with Crippen LogP contribution in [-0.2, 0) is 11.2 Å². The van der Waals surface area contributed by atoms with Gasteiger partial charge in [0.1, 0.15) is 22.5 Å². The average molecular weight is 325 g/mol. The molecular weight excluding hydrogens is 306 g/mol. The van der Waals surface area contributed by atoms with Crippen molar-refractivity contribution in [1.82, 2.24) is 9.97 Å². The second-order valence-corrected chi connectivity index (χ2v) is 6.95. The number of aromatic nitrogens is 2. The van der Waals surface area contributed by atoms with Gasteiger partial charge in [0.25, 0.3) is 0 Å². The van der Waals surface area contributed by atoms with Crippen LogP contribution in [0.1, 0.15) is 24.0 Å². The second-order valence-electron chi connectivity index (χ2n) is 4.73. The Kier molecular flexibility index (Phi) is 5.41. The lowest BCUT2D eigenvalue weighted by Crippen LogP contribution is -2.30. The van der Waals surface area contributed by atoms with Crippen LogP contribution in [0.2, 0.25) is 0 Å². The smallest absolute Gasteiger partial charge is 0.326 e. The molecule has 0 saturated carbocycles. The molecule has 7 heteroatoms. The zero-order valence-electron chi connectivity index (χ0n) is 12.3. The van der Waals surface area contributed by atoms with Crippen LogP contribution in [0.15, 0.2) is 6.07 Å². The van der Waals surface area contributed by atoms with Gasteiger partial charge in [0.05, 0.1) is 5.39 Å². The van der Waals surface area contributed by atoms with Gasteiger partial charge >= 0.3 is 5.97 Å². The minimum atomic E-state index is -0.846. The lowest BCUT2D eigenvalue weighted by Gasteiger charge is -2.15. The molecule has 0 spiro atoms. The highest BCUT2D eigenvalue weighted by atomic mass is 32.2. The predicted octanol–water partition coefficient (Wildman–Crippen LogP) is 3.18. The fourth-order valence-electron chi connectivity index (χ4n) is 2.01. The second kappa shape index (κ2) is 7.09. The molecule has 0 amide bonds. The van der Waals surface area contributed by atoms with E-state index in [1.54, 1.807) is 23.1 Å². The van der Waals surface area contributed by atoms with E-state index in [-0.39, 0.29) is 0 Å². The van der Waals surface area contributed by atoms with E-state index in [4.69, 9.17) is 0 Å². The maximum atomic E-state index is 11.4. The van der Waals surface area contributed by atoms with E-state index in [1.165, 1.54) is 0 Å². The summed E-state index contributed by atoms with van der Waals surface area (Å²) in [6, 6.07) is 1.38. The monoisotopic (exact) mass is 325 g/mol. The molecule has 0 fully saturated rings. The van der Waals surface area contributed by atoms with Crippen molar-refractivity contribution in [2.45, 2.75) is 32.7 Å². The summed E-state index contributed by atoms with van der Waals surface area (Å²) in [5.41, 5.74) is 0. The Hall–Kier alpha value is -1.34. The summed E-state index contributed by atoms with van der Waals surface area (Å²) in [5, 5.41) is 13.3. The normalized spacial score (nSPS) is 12.5. The summed E-state index contributed by atoms with van der Waals surface area (Å²) in [4.78, 5) is 22.4. The van der Waals surface area contributed by atoms with E-state index in [9.17, 15) is 9.90 Å². The number of thiophene rings is 1. The third kappa shape index (κ3) is 3.85. The summed E-state index contributed by atoms with van der Waals surface area (Å²) < 4.78 is 0. The molecule has 21 heavy (non-hydrogen) atoms. The Bertz CT molecular complexity index is 642. The maximum absolute atomic E-state index is 11.4. The first-order valence-corrected chi connectivity index (χ1v) is 9.01. The van der Waals surface area contributed by atoms with Gasteiger partial charge in [-0.05, 0) is 31.4 Å². The molecule has 0 radical (unpaired) electrons. The topological polar surface area (TPSA) is 75.1 Å². The highest BCUT2D eigenvalue weighted by Crippen LogP contribution is 2.29. The van der Waals surface area contributed by atoms with E-state index in [0.717, 1.165) is 33.1 Å². The average Bonchev–Trinajstić information content (AvgIpc) is 2.83. The van der Waals surface area contributed by atoms with Gasteiger partial charge in [-0.25, -0.2) is 14.8 Å². The van der Waals surface area contributed by atoms with Crippen molar-refractivity contribution in [3.63, 3.8) is 0 Å². The Morgan fingerprint density at radius 2 is 2.29 bits per heavy atom. The maximum Gasteiger partial charge on any atom is 0.326 e. The first-order chi connectivity index (χ1) is 10.0. The minimum absolute atomic E-state index is 0.562. The third-order valence-corrected chi connectivity index (χ3v) is 4.69. The molecule has 0 aromatic carbocycles. The van der Waals surface area contributed by atoms with Crippen molar-refractivity contribution in [1.29, 1.82) is 0 Å². The quantitative estimate of drug-likeness (QED) is 0.814. The number of carboxylic acid groups (broad SMARTS) is 1. The first kappa shape index (κ1) is 16.0. The van der Waals surface area contributed by atoms with Crippen LogP contribution >= 0.6 is 23.1 Å². The number of hydrogen-bond acceptors (Lipinski definition) is 6. The van der Waals surface area contributed by atoms with E-state index in [2.05, 4.69) is 15.3 Å². The van der Waals surface area contributed by atoms with Gasteiger partial charge in [-0.1, -0.05) is 6.92 Å². The summed E-state index contributed by atoms with van der Waals surface area (Å²) >= 11 is 3.25. The molecule has 2 aromatic heterocycles. The Labute approximate surface area is 132 Å². The van der Waals surface area contributed by atoms with E-state index >= 15 is 0 Å². The van der Waals surface area contributed by atoms with Gasteiger partial charge in [0.2, 0.25) is 0 Å². The SMILES string of the molecule is CCc1nc(N[C@@H](CCSC)C(=O)O)c2cc(C)sc2n1. The van der Waals surface area contributed by atoms with Crippen LogP contribution in [0, 0.1) is 6.92 Å². The van der Waals surface area contributed by atoms with Gasteiger partial charge in [0, 0.05) is 11.3 Å². The molecule has 2 aromatic rings. The highest BCUT2D eigenvalue weighted by Gasteiger charge is 2.19. The number of carbonyl (C=O) groups is 1. The minimum Gasteiger partial charge on any atom is -0.480 e. The molecule has 2 rings (SSSR count). The molecule has 2 N–H and O–H groups in total. The van der Waals surface area contributed by atoms with Crippen molar-refractivity contribution >= 4 is 45.1 Å². The molecule has 5 nitrogen and oxygen atoms in total. The third-order valence-electron chi connectivity index (χ3n) is 3.10. The first-order valence-electron chi connectivity index (χ1n) is 6.80. The van der Waals surface area contributed by atoms with Crippen LogP contribution in [0.3, 0.4) is 0 Å². The number of nitrogens with zero attached hydrogens (tertiary/aromatic N) is 2. The molecule has 0 unspecified atom stereocenters. The summed E-state index contributed by atoms with van der Waals surface area (Å²) in [5.74, 6) is 1.32. The van der Waals surface area contributed by atoms with Crippen LogP contribution in [-0.4, -0.2) is 39.1 Å². The number of aryl methyl sites for hydroxylation is 2. The van der Waals surface area contributed by atoms with Crippen LogP contribution in [0.4, 0.5) is 5.82 Å². The number of thioether (sulfide) groups is 1. The molecule has 1 atom stereocenters. The van der Waals surface area contributed by atoms with Crippen molar-refractivity contribution in [3.05, 3.63) is 16.8 Å². The number of aliphatic carboxylic acids is 1. The molecule has 0 aliphatic carbocycles. The number of fused-ring (bicyclic) bond motifs is 1. The fraction of sp³-hybridized carbons (Fsp3) is 0.500. The van der Waals surface area contributed by atoms with Gasteiger partial charge in [-0.2, -0.15) is 11.8 Å². The fourth-order valence-corrected chi connectivity index (χ4v) is 3.38. The van der Waals surface area contributed by atoms with Gasteiger partial charge in [0.15, 0.2) is 0 Å². The van der Waals surface area contributed by atoms with Crippen LogP contribution in [0.5, 0.6) is 0 Å². The summed E-state index contributed by atoms with van der Waals surface area (Å²) in [7, 11) is 0. The van der Waals surface area contributed by atoms with Gasteiger partial charge in [-0.15, -0.1) is 11.3 Å². The molecule has 0 aliphatic heterocycles. The van der Waals surface area contributed by atoms with Crippen molar-refractivity contribution in [3.8, 4) is 0 Å². The van der Waals surface area contributed by atoms with Crippen molar-refractivity contribution in [2.75, 3.05) is 17.3 Å². The number of rotatable bonds is 7. The molecule has 0 bridgehead atoms. The van der Waals surface area contributed by atoms with Gasteiger partial charge < -0.3 is 10.4 Å². The lowest BCUT2D eigenvalue weighted by molar-refractivity contribution is -0.137. The zero-order valence-corrected chi connectivity index (χ0v) is 14.0. The molecule has 114 valence electrons. The predicted molar refractivity (Wildman–Crippen MR) is 89.6 cm³/mol. The van der Waals surface area contributed by atoms with Crippen molar-refractivity contribution < 1.29 is 9.90 Å². The largest absolute Gasteiger partial charge is 0.480 e. The van der Waals surface area contributed by atoms with E-state index in [0.29, 0.717) is 12.2 Å². The van der Waals surface area contributed by atoms with Crippen molar-refractivity contribution in [2.24, 2.45) is 0 Å². The van der Waals surface area contributed by atoms with Crippen LogP contribution in [0.25, 0.3) is 10.2 Å². The van der Waals surface area contributed by atoms with E-state index < -0.39 is 12.0 Å².